The van der Waals surface area contributed by atoms with Crippen molar-refractivity contribution < 1.29 is 24.0 Å². The normalized spacial score (nSPS) is 16.5. The van der Waals surface area contributed by atoms with Crippen LogP contribution in [0.2, 0.25) is 0 Å². The first-order chi connectivity index (χ1) is 12.4. The summed E-state index contributed by atoms with van der Waals surface area (Å²) in [7, 11) is 0. The van der Waals surface area contributed by atoms with Crippen LogP contribution in [0.4, 0.5) is 5.69 Å². The van der Waals surface area contributed by atoms with E-state index in [1.54, 1.807) is 18.2 Å². The molecule has 1 heterocycles. The summed E-state index contributed by atoms with van der Waals surface area (Å²) in [4.78, 5) is 48.6. The molecule has 3 rings (SSSR count). The highest BCUT2D eigenvalue weighted by atomic mass is 16.6. The zero-order valence-corrected chi connectivity index (χ0v) is 13.7. The number of benzene rings is 2. The molecule has 0 radical (unpaired) electrons. The average molecular weight is 354 g/mol. The van der Waals surface area contributed by atoms with Crippen LogP contribution in [0.1, 0.15) is 27.6 Å². The van der Waals surface area contributed by atoms with E-state index in [2.05, 4.69) is 0 Å². The van der Waals surface area contributed by atoms with E-state index in [0.717, 1.165) is 4.90 Å². The number of para-hydroxylation sites is 1. The highest BCUT2D eigenvalue weighted by Gasteiger charge is 2.35. The Morgan fingerprint density at radius 1 is 1.15 bits per heavy atom. The predicted octanol–water partition coefficient (Wildman–Crippen LogP) is 2.23. The van der Waals surface area contributed by atoms with Gasteiger partial charge in [-0.3, -0.25) is 29.4 Å². The summed E-state index contributed by atoms with van der Waals surface area (Å²) in [5, 5.41) is 10.7. The third-order valence-corrected chi connectivity index (χ3v) is 3.98. The number of nitrogens with zero attached hydrogens (tertiary/aromatic N) is 2. The Bertz CT molecular complexity index is 906. The van der Waals surface area contributed by atoms with Crippen molar-refractivity contribution in [2.24, 2.45) is 0 Å². The molecule has 0 spiro atoms. The minimum Gasteiger partial charge on any atom is -0.480 e. The Labute approximate surface area is 148 Å². The van der Waals surface area contributed by atoms with E-state index in [1.807, 2.05) is 0 Å². The number of ether oxygens (including phenoxy) is 1. The number of nitro benzene ring substituents is 1. The molecule has 2 aromatic rings. The molecule has 8 heteroatoms. The van der Waals surface area contributed by atoms with Crippen LogP contribution in [0.25, 0.3) is 0 Å². The van der Waals surface area contributed by atoms with Crippen LogP contribution in [0, 0.1) is 10.1 Å². The molecule has 1 aliphatic heterocycles. The van der Waals surface area contributed by atoms with Crippen LogP contribution < -0.4 is 4.74 Å². The minimum absolute atomic E-state index is 0.153. The second kappa shape index (κ2) is 6.75. The number of hydrogen-bond acceptors (Lipinski definition) is 6. The summed E-state index contributed by atoms with van der Waals surface area (Å²) >= 11 is 0. The summed E-state index contributed by atoms with van der Waals surface area (Å²) in [5.74, 6) is -1.47. The zero-order chi connectivity index (χ0) is 18.8. The van der Waals surface area contributed by atoms with Gasteiger partial charge in [-0.1, -0.05) is 12.1 Å². The van der Waals surface area contributed by atoms with Crippen molar-refractivity contribution in [3.63, 3.8) is 0 Å². The van der Waals surface area contributed by atoms with Gasteiger partial charge in [-0.2, -0.15) is 0 Å². The Hall–Kier alpha value is -3.55. The number of carbonyl (C=O) groups is 3. The van der Waals surface area contributed by atoms with E-state index in [0.29, 0.717) is 0 Å². The number of imide groups is 1. The Balaban J connectivity index is 1.87. The number of fused-ring (bicyclic) bond motifs is 1. The number of Topliss-reactive ketones (excluding diaryl/α,β-unsaturated/α-hetero) is 1. The van der Waals surface area contributed by atoms with Crippen molar-refractivity contribution in [3.05, 3.63) is 69.8 Å². The maximum atomic E-state index is 12.7. The van der Waals surface area contributed by atoms with Gasteiger partial charge in [-0.15, -0.1) is 0 Å². The second-order valence-electron chi connectivity index (χ2n) is 5.71. The maximum Gasteiger partial charge on any atom is 0.270 e. The van der Waals surface area contributed by atoms with Crippen LogP contribution in [-0.2, 0) is 4.79 Å². The molecule has 2 aromatic carbocycles. The molecule has 1 aliphatic rings. The fraction of sp³-hybridized carbons (Fsp3) is 0.167. The first-order valence-corrected chi connectivity index (χ1v) is 7.77. The Kier molecular flexibility index (Phi) is 4.49. The largest absolute Gasteiger partial charge is 0.480 e. The first-order valence-electron chi connectivity index (χ1n) is 7.77. The van der Waals surface area contributed by atoms with Gasteiger partial charge in [0, 0.05) is 17.7 Å². The number of carbonyl (C=O) groups excluding carboxylic acids is 3. The van der Waals surface area contributed by atoms with E-state index in [1.165, 1.54) is 37.3 Å². The van der Waals surface area contributed by atoms with Gasteiger partial charge in [-0.25, -0.2) is 0 Å². The zero-order valence-electron chi connectivity index (χ0n) is 13.7. The van der Waals surface area contributed by atoms with E-state index in [-0.39, 0.29) is 22.6 Å². The fourth-order valence-electron chi connectivity index (χ4n) is 2.61. The summed E-state index contributed by atoms with van der Waals surface area (Å²) < 4.78 is 5.50. The molecule has 8 nitrogen and oxygen atoms in total. The van der Waals surface area contributed by atoms with Crippen molar-refractivity contribution in [1.82, 2.24) is 4.90 Å². The Morgan fingerprint density at radius 2 is 1.81 bits per heavy atom. The van der Waals surface area contributed by atoms with Gasteiger partial charge in [0.2, 0.25) is 0 Å². The molecule has 1 atom stereocenters. The van der Waals surface area contributed by atoms with Gasteiger partial charge in [0.1, 0.15) is 5.75 Å². The third kappa shape index (κ3) is 3.16. The SMILES string of the molecule is C[C@H]1Oc2ccccc2C(=O)N(CC(=O)c2ccc([N+](=O)[O-])cc2)C1=O. The monoisotopic (exact) mass is 354 g/mol. The van der Waals surface area contributed by atoms with Gasteiger partial charge >= 0.3 is 0 Å². The van der Waals surface area contributed by atoms with Crippen LogP contribution in [0.5, 0.6) is 5.75 Å². The smallest absolute Gasteiger partial charge is 0.270 e. The number of non-ortho nitro benzene ring substituents is 1. The molecular formula is C18H14N2O6. The van der Waals surface area contributed by atoms with Crippen LogP contribution in [-0.4, -0.2) is 40.1 Å². The number of nitro groups is 1. The fourth-order valence-corrected chi connectivity index (χ4v) is 2.61. The van der Waals surface area contributed by atoms with Gasteiger partial charge in [-0.05, 0) is 31.2 Å². The van der Waals surface area contributed by atoms with Crippen molar-refractivity contribution in [3.8, 4) is 5.75 Å². The van der Waals surface area contributed by atoms with Crippen molar-refractivity contribution in [1.29, 1.82) is 0 Å². The molecule has 0 bridgehead atoms. The lowest BCUT2D eigenvalue weighted by atomic mass is 10.1. The lowest BCUT2D eigenvalue weighted by Gasteiger charge is -2.19. The summed E-state index contributed by atoms with van der Waals surface area (Å²) in [6.45, 7) is 1.03. The van der Waals surface area contributed by atoms with Crippen molar-refractivity contribution in [2.45, 2.75) is 13.0 Å². The van der Waals surface area contributed by atoms with Gasteiger partial charge < -0.3 is 4.74 Å². The minimum atomic E-state index is -0.924. The van der Waals surface area contributed by atoms with E-state index < -0.39 is 35.2 Å². The van der Waals surface area contributed by atoms with Gasteiger partial charge in [0.25, 0.3) is 17.5 Å². The molecule has 2 amide bonds. The van der Waals surface area contributed by atoms with E-state index in [9.17, 15) is 24.5 Å². The van der Waals surface area contributed by atoms with Gasteiger partial charge in [0.15, 0.2) is 11.9 Å². The van der Waals surface area contributed by atoms with Crippen molar-refractivity contribution in [2.75, 3.05) is 6.54 Å². The molecule has 0 N–H and O–H groups in total. The van der Waals surface area contributed by atoms with Crippen LogP contribution >= 0.6 is 0 Å². The molecule has 0 saturated heterocycles. The third-order valence-electron chi connectivity index (χ3n) is 3.98. The molecule has 0 aliphatic carbocycles. The summed E-state index contributed by atoms with van der Waals surface area (Å²) in [6, 6.07) is 11.4. The molecule has 26 heavy (non-hydrogen) atoms. The van der Waals surface area contributed by atoms with E-state index >= 15 is 0 Å². The lowest BCUT2D eigenvalue weighted by Crippen LogP contribution is -2.44. The van der Waals surface area contributed by atoms with E-state index in [4.69, 9.17) is 4.74 Å². The quantitative estimate of drug-likeness (QED) is 0.361. The predicted molar refractivity (Wildman–Crippen MR) is 90.0 cm³/mol. The number of amides is 2. The average Bonchev–Trinajstić information content (AvgIpc) is 2.72. The Morgan fingerprint density at radius 3 is 2.46 bits per heavy atom. The maximum absolute atomic E-state index is 12.7. The molecular weight excluding hydrogens is 340 g/mol. The molecule has 132 valence electrons. The number of hydrogen-bond donors (Lipinski definition) is 0. The summed E-state index contributed by atoms with van der Waals surface area (Å²) in [5.41, 5.74) is 0.212. The van der Waals surface area contributed by atoms with Crippen LogP contribution in [0.3, 0.4) is 0 Å². The second-order valence-corrected chi connectivity index (χ2v) is 5.71. The first kappa shape index (κ1) is 17.3. The molecule has 0 unspecified atom stereocenters. The molecule has 0 fully saturated rings. The topological polar surface area (TPSA) is 107 Å². The highest BCUT2D eigenvalue weighted by Crippen LogP contribution is 2.25. The lowest BCUT2D eigenvalue weighted by molar-refractivity contribution is -0.384. The highest BCUT2D eigenvalue weighted by molar-refractivity contribution is 6.12. The number of rotatable bonds is 4. The summed E-state index contributed by atoms with van der Waals surface area (Å²) in [6.07, 6.45) is -0.924. The van der Waals surface area contributed by atoms with Crippen LogP contribution in [0.15, 0.2) is 48.5 Å². The van der Waals surface area contributed by atoms with Gasteiger partial charge in [0.05, 0.1) is 17.0 Å². The molecule has 0 saturated carbocycles. The standard InChI is InChI=1S/C18H14N2O6/c1-11-17(22)19(18(23)14-4-2-3-5-16(14)26-11)10-15(21)12-6-8-13(9-7-12)20(24)25/h2-9,11H,10H2,1H3/t11-/m1/s1. The molecule has 0 aromatic heterocycles. The number of ketones is 1. The van der Waals surface area contributed by atoms with Crippen molar-refractivity contribution >= 4 is 23.3 Å².